The first-order valence-corrected chi connectivity index (χ1v) is 18.7. The van der Waals surface area contributed by atoms with Gasteiger partial charge in [-0.2, -0.15) is 0 Å². The molecule has 5 rings (SSSR count). The van der Waals surface area contributed by atoms with Gasteiger partial charge in [0.2, 0.25) is 0 Å². The summed E-state index contributed by atoms with van der Waals surface area (Å²) in [5.41, 5.74) is 2.12. The van der Waals surface area contributed by atoms with Crippen molar-refractivity contribution in [1.29, 1.82) is 0 Å². The number of hydrogen-bond acceptors (Lipinski definition) is 4. The minimum atomic E-state index is -0.739. The molecule has 0 N–H and O–H groups in total. The standard InChI is InChI=1S/C38H47N3O2P2/c1-38(2,3)43-37(42)41-27-36(26-31(41)28-44(32-14-10-8-11-15-32)33-16-12-9-13-17-33)45(34-22-18-29(19-23-34)39(4)5)35-24-20-30(21-25-35)40(6)7/h8-25,31,36H,26-28H2,1-7H3/t31-,36-/m0/s1. The Morgan fingerprint density at radius 2 is 1.16 bits per heavy atom. The number of anilines is 2. The Morgan fingerprint density at radius 1 is 0.711 bits per heavy atom. The van der Waals surface area contributed by atoms with Crippen LogP contribution in [0.4, 0.5) is 16.2 Å². The smallest absolute Gasteiger partial charge is 0.410 e. The molecule has 0 aromatic heterocycles. The third-order valence-corrected chi connectivity index (χ3v) is 13.6. The molecule has 2 atom stereocenters. The van der Waals surface area contributed by atoms with Crippen molar-refractivity contribution in [1.82, 2.24) is 4.90 Å². The molecule has 0 bridgehead atoms. The topological polar surface area (TPSA) is 36.0 Å². The van der Waals surface area contributed by atoms with E-state index in [2.05, 4.69) is 152 Å². The number of nitrogens with zero attached hydrogens (tertiary/aromatic N) is 3. The van der Waals surface area contributed by atoms with E-state index >= 15 is 0 Å². The molecule has 0 saturated carbocycles. The number of hydrogen-bond donors (Lipinski definition) is 0. The molecule has 4 aromatic carbocycles. The van der Waals surface area contributed by atoms with Gasteiger partial charge in [-0.05, 0) is 94.7 Å². The zero-order valence-corrected chi connectivity index (χ0v) is 29.5. The van der Waals surface area contributed by atoms with Crippen LogP contribution in [0.15, 0.2) is 109 Å². The summed E-state index contributed by atoms with van der Waals surface area (Å²) in [6.45, 7) is 6.56. The van der Waals surface area contributed by atoms with Crippen LogP contribution in [0.1, 0.15) is 27.2 Å². The average molecular weight is 640 g/mol. The van der Waals surface area contributed by atoms with Crippen LogP contribution in [-0.4, -0.2) is 69.2 Å². The van der Waals surface area contributed by atoms with Gasteiger partial charge in [0, 0.05) is 57.8 Å². The predicted octanol–water partition coefficient (Wildman–Crippen LogP) is 6.76. The van der Waals surface area contributed by atoms with Gasteiger partial charge in [0.25, 0.3) is 0 Å². The number of likely N-dealkylation sites (tertiary alicyclic amines) is 1. The zero-order chi connectivity index (χ0) is 32.1. The molecule has 236 valence electrons. The molecule has 7 heteroatoms. The fourth-order valence-corrected chi connectivity index (χ4v) is 11.4. The summed E-state index contributed by atoms with van der Waals surface area (Å²) in [4.78, 5) is 20.3. The van der Waals surface area contributed by atoms with E-state index in [1.165, 1.54) is 32.6 Å². The van der Waals surface area contributed by atoms with Gasteiger partial charge in [0.1, 0.15) is 5.60 Å². The van der Waals surface area contributed by atoms with Crippen LogP contribution in [0.25, 0.3) is 0 Å². The average Bonchev–Trinajstić information content (AvgIpc) is 3.44. The maximum atomic E-state index is 13.9. The maximum absolute atomic E-state index is 13.9. The first-order chi connectivity index (χ1) is 21.5. The number of rotatable bonds is 9. The second-order valence-corrected chi connectivity index (χ2v) is 17.9. The van der Waals surface area contributed by atoms with Gasteiger partial charge >= 0.3 is 6.09 Å². The number of carbonyl (C=O) groups excluding carboxylic acids is 1. The molecule has 0 unspecified atom stereocenters. The highest BCUT2D eigenvalue weighted by Crippen LogP contribution is 2.48. The van der Waals surface area contributed by atoms with Crippen LogP contribution in [0.2, 0.25) is 0 Å². The van der Waals surface area contributed by atoms with Crippen molar-refractivity contribution >= 4 is 54.5 Å². The Balaban J connectivity index is 1.54. The Hall–Kier alpha value is -3.39. The minimum Gasteiger partial charge on any atom is -0.444 e. The monoisotopic (exact) mass is 639 g/mol. The Kier molecular flexibility index (Phi) is 10.5. The van der Waals surface area contributed by atoms with Crippen molar-refractivity contribution in [3.63, 3.8) is 0 Å². The van der Waals surface area contributed by atoms with Crippen LogP contribution in [-0.2, 0) is 4.74 Å². The van der Waals surface area contributed by atoms with Crippen LogP contribution in [0.5, 0.6) is 0 Å². The molecule has 5 nitrogen and oxygen atoms in total. The molecule has 1 heterocycles. The zero-order valence-electron chi connectivity index (χ0n) is 27.7. The first kappa shape index (κ1) is 33.0. The maximum Gasteiger partial charge on any atom is 0.410 e. The summed E-state index contributed by atoms with van der Waals surface area (Å²) in [6.07, 6.45) is 1.64. The highest BCUT2D eigenvalue weighted by atomic mass is 31.1. The summed E-state index contributed by atoms with van der Waals surface area (Å²) < 4.78 is 6.06. The van der Waals surface area contributed by atoms with Crippen molar-refractivity contribution in [2.75, 3.05) is 50.7 Å². The SMILES string of the molecule is CN(C)c1ccc(P(c2ccc(N(C)C)cc2)[C@H]2C[C@@H](CP(c3ccccc3)c3ccccc3)N(C(=O)OC(C)(C)C)C2)cc1. The van der Waals surface area contributed by atoms with Crippen molar-refractivity contribution < 1.29 is 9.53 Å². The molecule has 0 radical (unpaired) electrons. The van der Waals surface area contributed by atoms with Gasteiger partial charge in [0.15, 0.2) is 0 Å². The highest BCUT2D eigenvalue weighted by Gasteiger charge is 2.42. The molecular formula is C38H47N3O2P2. The normalized spacial score (nSPS) is 16.7. The minimum absolute atomic E-state index is 0.0727. The molecule has 45 heavy (non-hydrogen) atoms. The molecule has 1 aliphatic rings. The van der Waals surface area contributed by atoms with E-state index in [0.29, 0.717) is 12.2 Å². The summed E-state index contributed by atoms with van der Waals surface area (Å²) in [7, 11) is 6.91. The van der Waals surface area contributed by atoms with Crippen LogP contribution < -0.4 is 31.0 Å². The van der Waals surface area contributed by atoms with E-state index in [0.717, 1.165) is 12.6 Å². The predicted molar refractivity (Wildman–Crippen MR) is 197 cm³/mol. The Labute approximate surface area is 272 Å². The van der Waals surface area contributed by atoms with Crippen molar-refractivity contribution in [3.8, 4) is 0 Å². The molecular weight excluding hydrogens is 592 g/mol. The summed E-state index contributed by atoms with van der Waals surface area (Å²) in [5.74, 6) is 0. The second-order valence-electron chi connectivity index (χ2n) is 13.1. The fourth-order valence-electron chi connectivity index (χ4n) is 5.98. The fraction of sp³-hybridized carbons (Fsp3) is 0.342. The first-order valence-electron chi connectivity index (χ1n) is 15.7. The van der Waals surface area contributed by atoms with E-state index < -0.39 is 21.4 Å². The number of benzene rings is 4. The molecule has 4 aromatic rings. The van der Waals surface area contributed by atoms with E-state index in [1.807, 2.05) is 20.8 Å². The van der Waals surface area contributed by atoms with E-state index in [9.17, 15) is 4.79 Å². The van der Waals surface area contributed by atoms with E-state index in [1.54, 1.807) is 0 Å². The van der Waals surface area contributed by atoms with Crippen LogP contribution >= 0.6 is 15.8 Å². The van der Waals surface area contributed by atoms with Gasteiger partial charge < -0.3 is 19.4 Å². The lowest BCUT2D eigenvalue weighted by Crippen LogP contribution is -2.42. The van der Waals surface area contributed by atoms with Crippen molar-refractivity contribution in [2.45, 2.75) is 44.5 Å². The van der Waals surface area contributed by atoms with Crippen molar-refractivity contribution in [2.24, 2.45) is 0 Å². The molecule has 0 spiro atoms. The lowest BCUT2D eigenvalue weighted by molar-refractivity contribution is 0.0242. The third-order valence-electron chi connectivity index (χ3n) is 8.20. The quantitative estimate of drug-likeness (QED) is 0.190. The van der Waals surface area contributed by atoms with Crippen LogP contribution in [0.3, 0.4) is 0 Å². The Morgan fingerprint density at radius 3 is 1.56 bits per heavy atom. The summed E-state index contributed by atoms with van der Waals surface area (Å²) >= 11 is 0. The lowest BCUT2D eigenvalue weighted by atomic mass is 10.2. The van der Waals surface area contributed by atoms with E-state index in [4.69, 9.17) is 4.74 Å². The van der Waals surface area contributed by atoms with Gasteiger partial charge in [-0.3, -0.25) is 0 Å². The van der Waals surface area contributed by atoms with Crippen LogP contribution in [0, 0.1) is 0 Å². The third kappa shape index (κ3) is 8.26. The molecule has 1 saturated heterocycles. The summed E-state index contributed by atoms with van der Waals surface area (Å²) in [6, 6.07) is 39.8. The highest BCUT2D eigenvalue weighted by molar-refractivity contribution is 7.74. The van der Waals surface area contributed by atoms with Crippen molar-refractivity contribution in [3.05, 3.63) is 109 Å². The Bertz CT molecular complexity index is 1430. The van der Waals surface area contributed by atoms with Gasteiger partial charge in [-0.25, -0.2) is 4.79 Å². The van der Waals surface area contributed by atoms with Gasteiger partial charge in [0.05, 0.1) is 0 Å². The lowest BCUT2D eigenvalue weighted by Gasteiger charge is -2.31. The molecule has 1 aliphatic heterocycles. The number of ether oxygens (including phenoxy) is 1. The number of carbonyl (C=O) groups is 1. The van der Waals surface area contributed by atoms with Gasteiger partial charge in [-0.1, -0.05) is 84.9 Å². The second kappa shape index (κ2) is 14.4. The van der Waals surface area contributed by atoms with Gasteiger partial charge in [-0.15, -0.1) is 0 Å². The van der Waals surface area contributed by atoms with E-state index in [-0.39, 0.29) is 12.1 Å². The number of amides is 1. The molecule has 0 aliphatic carbocycles. The molecule has 1 fully saturated rings. The molecule has 1 amide bonds. The largest absolute Gasteiger partial charge is 0.444 e. The summed E-state index contributed by atoms with van der Waals surface area (Å²) in [5, 5.41) is 5.37.